The minimum Gasteiger partial charge on any atom is -0.486 e. The predicted octanol–water partition coefficient (Wildman–Crippen LogP) is 7.25. The Kier molecular flexibility index (Phi) is 6.42. The van der Waals surface area contributed by atoms with Crippen molar-refractivity contribution in [2.45, 2.75) is 70.1 Å². The van der Waals surface area contributed by atoms with Crippen molar-refractivity contribution in [3.63, 3.8) is 0 Å². The summed E-state index contributed by atoms with van der Waals surface area (Å²) < 4.78 is 61.6. The van der Waals surface area contributed by atoms with Crippen LogP contribution in [0.3, 0.4) is 0 Å². The molecule has 1 aromatic carbocycles. The lowest BCUT2D eigenvalue weighted by Gasteiger charge is -2.26. The van der Waals surface area contributed by atoms with Crippen molar-refractivity contribution in [3.8, 4) is 16.9 Å². The summed E-state index contributed by atoms with van der Waals surface area (Å²) in [6.07, 6.45) is -2.92. The fraction of sp³-hybridized carbons (Fsp3) is 0.440. The molecule has 2 aliphatic rings. The number of thiophene rings is 1. The number of halogens is 5. The molecule has 35 heavy (non-hydrogen) atoms. The highest BCUT2D eigenvalue weighted by molar-refractivity contribution is 7.19. The van der Waals surface area contributed by atoms with Gasteiger partial charge in [0.1, 0.15) is 24.1 Å². The Hall–Kier alpha value is -2.39. The van der Waals surface area contributed by atoms with Gasteiger partial charge in [-0.3, -0.25) is 9.78 Å². The summed E-state index contributed by atoms with van der Waals surface area (Å²) in [5.74, 6) is 0.0368. The van der Waals surface area contributed by atoms with Crippen LogP contribution < -0.4 is 4.74 Å². The van der Waals surface area contributed by atoms with Crippen LogP contribution in [0.4, 0.5) is 17.6 Å². The zero-order valence-electron chi connectivity index (χ0n) is 18.9. The van der Waals surface area contributed by atoms with Crippen LogP contribution in [-0.2, 0) is 11.3 Å². The average Bonchev–Trinajstić information content (AvgIpc) is 3.48. The summed E-state index contributed by atoms with van der Waals surface area (Å²) in [4.78, 5) is 18.1. The normalized spacial score (nSPS) is 23.0. The van der Waals surface area contributed by atoms with Gasteiger partial charge in [-0.2, -0.15) is 13.2 Å². The lowest BCUT2D eigenvalue weighted by Crippen LogP contribution is -2.42. The maximum Gasteiger partial charge on any atom is 0.408 e. The number of alkyl halides is 4. The lowest BCUT2D eigenvalue weighted by atomic mass is 10.0. The summed E-state index contributed by atoms with van der Waals surface area (Å²) in [5, 5.41) is 0.491. The van der Waals surface area contributed by atoms with Crippen LogP contribution in [0.25, 0.3) is 21.3 Å². The summed E-state index contributed by atoms with van der Waals surface area (Å²) in [6, 6.07) is 5.25. The molecular formula is C25H23ClF4N2O2S. The third-order valence-corrected chi connectivity index (χ3v) is 8.03. The zero-order valence-corrected chi connectivity index (χ0v) is 20.4. The number of pyridine rings is 1. The van der Waals surface area contributed by atoms with Gasteiger partial charge in [0.25, 0.3) is 0 Å². The van der Waals surface area contributed by atoms with Crippen LogP contribution in [0.15, 0.2) is 30.5 Å². The maximum atomic E-state index is 14.3. The Balaban J connectivity index is 1.54. The van der Waals surface area contributed by atoms with Crippen LogP contribution >= 0.6 is 22.9 Å². The van der Waals surface area contributed by atoms with Crippen molar-refractivity contribution >= 4 is 39.1 Å². The van der Waals surface area contributed by atoms with E-state index in [1.165, 1.54) is 11.3 Å². The monoisotopic (exact) mass is 526 g/mol. The minimum absolute atomic E-state index is 0.113. The number of hydrogen-bond acceptors (Lipinski definition) is 4. The van der Waals surface area contributed by atoms with E-state index in [0.717, 1.165) is 27.1 Å². The Morgan fingerprint density at radius 1 is 1.20 bits per heavy atom. The molecule has 3 aromatic rings. The van der Waals surface area contributed by atoms with Crippen LogP contribution in [0.5, 0.6) is 5.75 Å². The maximum absolute atomic E-state index is 14.3. The predicted molar refractivity (Wildman–Crippen MR) is 128 cm³/mol. The van der Waals surface area contributed by atoms with E-state index in [0.29, 0.717) is 39.6 Å². The number of aromatic nitrogens is 1. The molecule has 1 saturated heterocycles. The molecule has 3 heterocycles. The third-order valence-electron chi connectivity index (χ3n) is 6.67. The van der Waals surface area contributed by atoms with Crippen molar-refractivity contribution in [3.05, 3.63) is 45.9 Å². The number of likely N-dealkylation sites (tertiary alicyclic amines) is 1. The van der Waals surface area contributed by atoms with E-state index in [1.807, 2.05) is 6.92 Å². The van der Waals surface area contributed by atoms with E-state index in [2.05, 4.69) is 4.98 Å². The van der Waals surface area contributed by atoms with Crippen LogP contribution in [0, 0.1) is 6.92 Å². The molecule has 5 rings (SSSR count). The van der Waals surface area contributed by atoms with Gasteiger partial charge in [0.15, 0.2) is 0 Å². The first-order valence-electron chi connectivity index (χ1n) is 11.5. The molecule has 3 atom stereocenters. The first kappa shape index (κ1) is 24.3. The first-order chi connectivity index (χ1) is 16.6. The third kappa shape index (κ3) is 4.72. The van der Waals surface area contributed by atoms with E-state index < -0.39 is 30.4 Å². The van der Waals surface area contributed by atoms with Gasteiger partial charge in [0, 0.05) is 33.6 Å². The van der Waals surface area contributed by atoms with E-state index in [1.54, 1.807) is 30.5 Å². The summed E-state index contributed by atoms with van der Waals surface area (Å²) in [5.41, 5.74) is 2.80. The molecule has 1 aliphatic carbocycles. The number of carbonyl (C=O) groups excluding carboxylic acids is 1. The highest BCUT2D eigenvalue weighted by Crippen LogP contribution is 2.43. The summed E-state index contributed by atoms with van der Waals surface area (Å²) in [7, 11) is 0. The Labute approximate surface area is 208 Å². The molecule has 1 saturated carbocycles. The molecule has 4 nitrogen and oxygen atoms in total. The standard InChI is InChI=1S/C25H23ClF4N2O2S/c1-13-9-14(26)10-17(23(13)34-20-4-2-3-18(20)27)16-7-8-31-19-11-15(35-24(16)19)12-32-21(25(28,29)30)5-6-22(32)33/h7-11,18,20-21H,2-6,12H2,1H3/t18-,20+,21?/m0/s1. The molecule has 1 aliphatic heterocycles. The average molecular weight is 527 g/mol. The topological polar surface area (TPSA) is 42.4 Å². The molecule has 1 unspecified atom stereocenters. The molecule has 186 valence electrons. The zero-order chi connectivity index (χ0) is 24.9. The fourth-order valence-corrected chi connectivity index (χ4v) is 6.38. The lowest BCUT2D eigenvalue weighted by molar-refractivity contribution is -0.181. The number of fused-ring (bicyclic) bond motifs is 1. The minimum atomic E-state index is -4.47. The van der Waals surface area contributed by atoms with E-state index in [4.69, 9.17) is 16.3 Å². The van der Waals surface area contributed by atoms with Crippen molar-refractivity contribution in [1.29, 1.82) is 0 Å². The van der Waals surface area contributed by atoms with Gasteiger partial charge in [0.2, 0.25) is 5.91 Å². The molecule has 2 fully saturated rings. The molecular weight excluding hydrogens is 504 g/mol. The second-order valence-electron chi connectivity index (χ2n) is 9.11. The largest absolute Gasteiger partial charge is 0.486 e. The van der Waals surface area contributed by atoms with Gasteiger partial charge in [-0.1, -0.05) is 11.6 Å². The fourth-order valence-electron chi connectivity index (χ4n) is 4.97. The number of amides is 1. The van der Waals surface area contributed by atoms with Gasteiger partial charge in [0.05, 0.1) is 16.8 Å². The number of carbonyl (C=O) groups is 1. The molecule has 0 N–H and O–H groups in total. The quantitative estimate of drug-likeness (QED) is 0.329. The van der Waals surface area contributed by atoms with Crippen molar-refractivity contribution in [1.82, 2.24) is 9.88 Å². The van der Waals surface area contributed by atoms with Gasteiger partial charge >= 0.3 is 6.18 Å². The molecule has 2 aromatic heterocycles. The SMILES string of the molecule is Cc1cc(Cl)cc(-c2ccnc3cc(CN4C(=O)CCC4C(F)(F)F)sc23)c1O[C@@H]1CCC[C@@H]1F. The highest BCUT2D eigenvalue weighted by Gasteiger charge is 2.48. The summed E-state index contributed by atoms with van der Waals surface area (Å²) >= 11 is 7.66. The number of hydrogen-bond donors (Lipinski definition) is 0. The Morgan fingerprint density at radius 2 is 2.00 bits per heavy atom. The first-order valence-corrected chi connectivity index (χ1v) is 12.7. The number of nitrogens with zero attached hydrogens (tertiary/aromatic N) is 2. The van der Waals surface area contributed by atoms with Crippen molar-refractivity contribution in [2.24, 2.45) is 0 Å². The van der Waals surface area contributed by atoms with Crippen LogP contribution in [0.2, 0.25) is 5.02 Å². The van der Waals surface area contributed by atoms with Crippen molar-refractivity contribution in [2.75, 3.05) is 0 Å². The number of rotatable bonds is 5. The van der Waals surface area contributed by atoms with Gasteiger partial charge in [-0.25, -0.2) is 4.39 Å². The second-order valence-corrected chi connectivity index (χ2v) is 10.7. The molecule has 0 bridgehead atoms. The highest BCUT2D eigenvalue weighted by atomic mass is 35.5. The van der Waals surface area contributed by atoms with Gasteiger partial charge in [-0.15, -0.1) is 11.3 Å². The smallest absolute Gasteiger partial charge is 0.408 e. The molecule has 10 heteroatoms. The number of aryl methyl sites for hydroxylation is 1. The van der Waals surface area contributed by atoms with Gasteiger partial charge in [-0.05, 0) is 62.4 Å². The Morgan fingerprint density at radius 3 is 2.71 bits per heavy atom. The number of benzene rings is 1. The van der Waals surface area contributed by atoms with Crippen molar-refractivity contribution < 1.29 is 27.1 Å². The van der Waals surface area contributed by atoms with E-state index in [9.17, 15) is 22.4 Å². The molecule has 1 amide bonds. The van der Waals surface area contributed by atoms with E-state index >= 15 is 0 Å². The molecule has 0 radical (unpaired) electrons. The van der Waals surface area contributed by atoms with Crippen LogP contribution in [0.1, 0.15) is 42.5 Å². The molecule has 0 spiro atoms. The van der Waals surface area contributed by atoms with Crippen LogP contribution in [-0.4, -0.2) is 40.3 Å². The summed E-state index contributed by atoms with van der Waals surface area (Å²) in [6.45, 7) is 1.72. The van der Waals surface area contributed by atoms with E-state index in [-0.39, 0.29) is 19.4 Å². The van der Waals surface area contributed by atoms with Gasteiger partial charge < -0.3 is 9.64 Å². The number of ether oxygens (including phenoxy) is 1. The Bertz CT molecular complexity index is 1280. The second kappa shape index (κ2) is 9.24.